The monoisotopic (exact) mass is 381 g/mol. The lowest BCUT2D eigenvalue weighted by atomic mass is 10.1. The lowest BCUT2D eigenvalue weighted by Crippen LogP contribution is -2.32. The van der Waals surface area contributed by atoms with Gasteiger partial charge < -0.3 is 5.32 Å². The van der Waals surface area contributed by atoms with Crippen LogP contribution >= 0.6 is 11.8 Å². The number of fused-ring (bicyclic) bond motifs is 1. The van der Waals surface area contributed by atoms with E-state index in [4.69, 9.17) is 0 Å². The molecule has 1 N–H and O–H groups in total. The molecule has 0 fully saturated rings. The summed E-state index contributed by atoms with van der Waals surface area (Å²) in [6.45, 7) is 6.29. The Labute approximate surface area is 162 Å². The maximum absolute atomic E-state index is 13.1. The summed E-state index contributed by atoms with van der Waals surface area (Å²) < 4.78 is 1.65. The number of carbonyl (C=O) groups is 1. The zero-order valence-electron chi connectivity index (χ0n) is 15.7. The number of nitrogens with one attached hydrogen (secondary N) is 1. The van der Waals surface area contributed by atoms with Crippen LogP contribution in [0.1, 0.15) is 25.0 Å². The summed E-state index contributed by atoms with van der Waals surface area (Å²) in [5.74, 6) is 0.149. The van der Waals surface area contributed by atoms with E-state index in [9.17, 15) is 9.59 Å². The fraction of sp³-hybridized carbons (Fsp3) is 0.286. The molecule has 5 nitrogen and oxygen atoms in total. The van der Waals surface area contributed by atoms with E-state index in [2.05, 4.69) is 10.3 Å². The molecule has 0 saturated carbocycles. The van der Waals surface area contributed by atoms with Crippen LogP contribution in [0.4, 0.5) is 0 Å². The van der Waals surface area contributed by atoms with E-state index in [0.717, 1.165) is 5.56 Å². The molecule has 3 aromatic rings. The van der Waals surface area contributed by atoms with Crippen molar-refractivity contribution in [2.24, 2.45) is 0 Å². The average Bonchev–Trinajstić information content (AvgIpc) is 2.64. The normalized spacial score (nSPS) is 11.1. The molecule has 1 heterocycles. The first-order chi connectivity index (χ1) is 12.9. The minimum Gasteiger partial charge on any atom is -0.353 e. The number of aryl methyl sites for hydroxylation is 1. The van der Waals surface area contributed by atoms with Crippen LogP contribution in [0.25, 0.3) is 10.9 Å². The Morgan fingerprint density at radius 2 is 1.85 bits per heavy atom. The maximum atomic E-state index is 13.1. The van der Waals surface area contributed by atoms with Gasteiger partial charge in [0.2, 0.25) is 5.91 Å². The summed E-state index contributed by atoms with van der Waals surface area (Å²) in [4.78, 5) is 29.7. The van der Waals surface area contributed by atoms with Gasteiger partial charge in [0.15, 0.2) is 5.16 Å². The molecule has 0 atom stereocenters. The largest absolute Gasteiger partial charge is 0.353 e. The Kier molecular flexibility index (Phi) is 5.96. The number of thioether (sulfide) groups is 1. The molecule has 0 radical (unpaired) electrons. The average molecular weight is 382 g/mol. The molecular formula is C21H23N3O2S. The molecule has 1 aromatic heterocycles. The molecule has 0 saturated heterocycles. The Bertz CT molecular complexity index is 1010. The van der Waals surface area contributed by atoms with Crippen molar-refractivity contribution in [3.63, 3.8) is 0 Å². The number of nitrogens with zero attached hydrogens (tertiary/aromatic N) is 2. The van der Waals surface area contributed by atoms with Crippen molar-refractivity contribution < 1.29 is 4.79 Å². The van der Waals surface area contributed by atoms with E-state index < -0.39 is 0 Å². The third-order valence-corrected chi connectivity index (χ3v) is 5.05. The standard InChI is InChI=1S/C21H23N3O2S/c1-14(2)22-19(25)13-27-21-23-18-7-5-4-6-17(18)20(26)24(21)12-16-10-8-15(3)9-11-16/h4-11,14H,12-13H2,1-3H3,(H,22,25). The molecule has 6 heteroatoms. The highest BCUT2D eigenvalue weighted by atomic mass is 32.2. The first-order valence-electron chi connectivity index (χ1n) is 8.91. The minimum absolute atomic E-state index is 0.0701. The lowest BCUT2D eigenvalue weighted by molar-refractivity contribution is -0.119. The van der Waals surface area contributed by atoms with Gasteiger partial charge >= 0.3 is 0 Å². The van der Waals surface area contributed by atoms with E-state index in [1.807, 2.05) is 63.2 Å². The number of para-hydroxylation sites is 1. The molecule has 0 bridgehead atoms. The number of amides is 1. The Balaban J connectivity index is 1.97. The third kappa shape index (κ3) is 4.77. The summed E-state index contributed by atoms with van der Waals surface area (Å²) in [5, 5.41) is 4.00. The van der Waals surface area contributed by atoms with Gasteiger partial charge in [-0.15, -0.1) is 0 Å². The molecule has 0 spiro atoms. The van der Waals surface area contributed by atoms with Gasteiger partial charge in [0.1, 0.15) is 0 Å². The first kappa shape index (κ1) is 19.2. The second-order valence-corrected chi connectivity index (χ2v) is 7.74. The van der Waals surface area contributed by atoms with Crippen molar-refractivity contribution in [3.05, 3.63) is 70.0 Å². The highest BCUT2D eigenvalue weighted by Crippen LogP contribution is 2.19. The van der Waals surface area contributed by atoms with Crippen LogP contribution in [0.15, 0.2) is 58.5 Å². The van der Waals surface area contributed by atoms with Gasteiger partial charge in [-0.3, -0.25) is 14.2 Å². The number of carbonyl (C=O) groups excluding carboxylic acids is 1. The van der Waals surface area contributed by atoms with E-state index in [0.29, 0.717) is 22.6 Å². The van der Waals surface area contributed by atoms with Crippen LogP contribution in [0.3, 0.4) is 0 Å². The predicted molar refractivity (Wildman–Crippen MR) is 110 cm³/mol. The highest BCUT2D eigenvalue weighted by molar-refractivity contribution is 7.99. The Morgan fingerprint density at radius 3 is 2.56 bits per heavy atom. The van der Waals surface area contributed by atoms with Crippen LogP contribution in [-0.4, -0.2) is 27.3 Å². The van der Waals surface area contributed by atoms with Crippen LogP contribution in [0.5, 0.6) is 0 Å². The van der Waals surface area contributed by atoms with Crippen LogP contribution < -0.4 is 10.9 Å². The van der Waals surface area contributed by atoms with Crippen molar-refractivity contribution in [1.29, 1.82) is 0 Å². The van der Waals surface area contributed by atoms with Crippen molar-refractivity contribution in [2.45, 2.75) is 38.5 Å². The van der Waals surface area contributed by atoms with Gasteiger partial charge in [0.25, 0.3) is 5.56 Å². The van der Waals surface area contributed by atoms with Gasteiger partial charge in [-0.05, 0) is 38.5 Å². The first-order valence-corrected chi connectivity index (χ1v) is 9.90. The summed E-state index contributed by atoms with van der Waals surface area (Å²) in [6.07, 6.45) is 0. The second-order valence-electron chi connectivity index (χ2n) is 6.80. The molecule has 0 aliphatic rings. The topological polar surface area (TPSA) is 64.0 Å². The summed E-state index contributed by atoms with van der Waals surface area (Å²) in [6, 6.07) is 15.5. The van der Waals surface area contributed by atoms with E-state index in [1.165, 1.54) is 17.3 Å². The number of rotatable bonds is 6. The van der Waals surface area contributed by atoms with Gasteiger partial charge in [-0.25, -0.2) is 4.98 Å². The van der Waals surface area contributed by atoms with E-state index in [-0.39, 0.29) is 23.3 Å². The number of aromatic nitrogens is 2. The van der Waals surface area contributed by atoms with Gasteiger partial charge in [-0.2, -0.15) is 0 Å². The quantitative estimate of drug-likeness (QED) is 0.525. The van der Waals surface area contributed by atoms with Crippen molar-refractivity contribution in [3.8, 4) is 0 Å². The lowest BCUT2D eigenvalue weighted by Gasteiger charge is -2.14. The third-order valence-electron chi connectivity index (χ3n) is 4.07. The highest BCUT2D eigenvalue weighted by Gasteiger charge is 2.14. The Morgan fingerprint density at radius 1 is 1.15 bits per heavy atom. The maximum Gasteiger partial charge on any atom is 0.262 e. The van der Waals surface area contributed by atoms with Crippen LogP contribution in [-0.2, 0) is 11.3 Å². The fourth-order valence-corrected chi connectivity index (χ4v) is 3.58. The van der Waals surface area contributed by atoms with Crippen molar-refractivity contribution in [1.82, 2.24) is 14.9 Å². The molecule has 0 unspecified atom stereocenters. The molecule has 1 amide bonds. The Hall–Kier alpha value is -2.60. The molecular weight excluding hydrogens is 358 g/mol. The van der Waals surface area contributed by atoms with Gasteiger partial charge in [-0.1, -0.05) is 53.7 Å². The van der Waals surface area contributed by atoms with Crippen molar-refractivity contribution >= 4 is 28.6 Å². The van der Waals surface area contributed by atoms with Crippen molar-refractivity contribution in [2.75, 3.05) is 5.75 Å². The number of benzene rings is 2. The predicted octanol–water partition coefficient (Wildman–Crippen LogP) is 3.37. The zero-order valence-corrected chi connectivity index (χ0v) is 16.5. The molecule has 0 aliphatic heterocycles. The summed E-state index contributed by atoms with van der Waals surface area (Å²) in [5.41, 5.74) is 2.75. The van der Waals surface area contributed by atoms with Gasteiger partial charge in [0.05, 0.1) is 23.2 Å². The molecule has 140 valence electrons. The smallest absolute Gasteiger partial charge is 0.262 e. The number of hydrogen-bond donors (Lipinski definition) is 1. The van der Waals surface area contributed by atoms with Crippen LogP contribution in [0, 0.1) is 6.92 Å². The second kappa shape index (κ2) is 8.39. The number of hydrogen-bond acceptors (Lipinski definition) is 4. The van der Waals surface area contributed by atoms with E-state index >= 15 is 0 Å². The fourth-order valence-electron chi connectivity index (χ4n) is 2.77. The minimum atomic E-state index is -0.0899. The molecule has 0 aliphatic carbocycles. The molecule has 3 rings (SSSR count). The summed E-state index contributed by atoms with van der Waals surface area (Å²) >= 11 is 1.29. The molecule has 27 heavy (non-hydrogen) atoms. The van der Waals surface area contributed by atoms with E-state index in [1.54, 1.807) is 10.6 Å². The summed E-state index contributed by atoms with van der Waals surface area (Å²) in [7, 11) is 0. The SMILES string of the molecule is Cc1ccc(Cn2c(SCC(=O)NC(C)C)nc3ccccc3c2=O)cc1. The van der Waals surface area contributed by atoms with Gasteiger partial charge in [0, 0.05) is 6.04 Å². The zero-order chi connectivity index (χ0) is 19.4. The molecule has 2 aromatic carbocycles. The van der Waals surface area contributed by atoms with Crippen LogP contribution in [0.2, 0.25) is 0 Å².